The molecule has 0 unspecified atom stereocenters. The highest BCUT2D eigenvalue weighted by atomic mass is 32.1. The minimum Gasteiger partial charge on any atom is -0.347 e. The van der Waals surface area contributed by atoms with Gasteiger partial charge in [-0.2, -0.15) is 5.10 Å². The van der Waals surface area contributed by atoms with E-state index in [4.69, 9.17) is 5.10 Å². The summed E-state index contributed by atoms with van der Waals surface area (Å²) in [5, 5.41) is 8.45. The van der Waals surface area contributed by atoms with Crippen molar-refractivity contribution in [3.8, 4) is 27.5 Å². The first-order chi connectivity index (χ1) is 19.8. The van der Waals surface area contributed by atoms with Crippen LogP contribution in [0.4, 0.5) is 5.13 Å². The molecule has 1 atom stereocenters. The van der Waals surface area contributed by atoms with Gasteiger partial charge in [-0.3, -0.25) is 19.4 Å². The number of fused-ring (bicyclic) bond motifs is 3. The molecule has 0 radical (unpaired) electrons. The fourth-order valence-electron chi connectivity index (χ4n) is 5.65. The average molecular weight is 570 g/mol. The summed E-state index contributed by atoms with van der Waals surface area (Å²) >= 11 is 1.45. The molecule has 2 aliphatic rings. The molecule has 0 bridgehead atoms. The molecule has 41 heavy (non-hydrogen) atoms. The molecule has 4 heterocycles. The number of aryl methyl sites for hydroxylation is 1. The summed E-state index contributed by atoms with van der Waals surface area (Å²) in [6.45, 7) is 2.09. The highest BCUT2D eigenvalue weighted by Gasteiger charge is 2.35. The smallest absolute Gasteiger partial charge is 0.244 e. The van der Waals surface area contributed by atoms with E-state index < -0.39 is 0 Å². The number of carbonyl (C=O) groups excluding carboxylic acids is 3. The number of nitrogens with one attached hydrogen (secondary N) is 1. The maximum absolute atomic E-state index is 13.2. The molecule has 1 aliphatic carbocycles. The Hall–Kier alpha value is -4.38. The van der Waals surface area contributed by atoms with Gasteiger partial charge in [0.05, 0.1) is 34.1 Å². The van der Waals surface area contributed by atoms with E-state index in [0.717, 1.165) is 63.6 Å². The third-order valence-corrected chi connectivity index (χ3v) is 8.58. The maximum atomic E-state index is 13.2. The van der Waals surface area contributed by atoms with E-state index >= 15 is 0 Å². The normalized spacial score (nSPS) is 15.8. The summed E-state index contributed by atoms with van der Waals surface area (Å²) < 4.78 is 1.93. The quantitative estimate of drug-likeness (QED) is 0.379. The van der Waals surface area contributed by atoms with Crippen LogP contribution in [-0.2, 0) is 33.6 Å². The number of likely N-dealkylation sites (N-methyl/N-ethyl adjacent to an activating group) is 1. The number of amides is 3. The summed E-state index contributed by atoms with van der Waals surface area (Å²) in [6.07, 6.45) is 6.86. The second kappa shape index (κ2) is 10.9. The van der Waals surface area contributed by atoms with Gasteiger partial charge in [0, 0.05) is 51.1 Å². The Morgan fingerprint density at radius 2 is 1.93 bits per heavy atom. The van der Waals surface area contributed by atoms with Gasteiger partial charge in [0.15, 0.2) is 5.13 Å². The minimum absolute atomic E-state index is 0.0248. The minimum atomic E-state index is -0.380. The molecule has 1 N–H and O–H groups in total. The van der Waals surface area contributed by atoms with Crippen molar-refractivity contribution in [2.75, 3.05) is 26.0 Å². The van der Waals surface area contributed by atoms with Gasteiger partial charge in [0.25, 0.3) is 0 Å². The molecule has 1 aromatic carbocycles. The maximum Gasteiger partial charge on any atom is 0.244 e. The highest BCUT2D eigenvalue weighted by molar-refractivity contribution is 7.19. The number of thiazole rings is 1. The molecule has 6 rings (SSSR count). The Bertz CT molecular complexity index is 1630. The van der Waals surface area contributed by atoms with E-state index in [2.05, 4.69) is 15.3 Å². The van der Waals surface area contributed by atoms with E-state index in [1.807, 2.05) is 47.3 Å². The molecule has 1 aliphatic heterocycles. The average Bonchev–Trinajstić information content (AvgIpc) is 3.69. The molecule has 11 heteroatoms. The lowest BCUT2D eigenvalue weighted by Gasteiger charge is -2.26. The highest BCUT2D eigenvalue weighted by Crippen LogP contribution is 2.44. The molecule has 210 valence electrons. The second-order valence-electron chi connectivity index (χ2n) is 10.6. The van der Waals surface area contributed by atoms with Gasteiger partial charge in [-0.15, -0.1) is 0 Å². The van der Waals surface area contributed by atoms with Crippen molar-refractivity contribution in [2.24, 2.45) is 0 Å². The Balaban J connectivity index is 1.33. The van der Waals surface area contributed by atoms with Crippen LogP contribution >= 0.6 is 11.3 Å². The fraction of sp³-hybridized carbons (Fsp3) is 0.333. The number of carbonyl (C=O) groups is 3. The SMILES string of the molecule is CC(=O)Nc1nc2c(s1)-c1c(c(-c3cccnc3)nn1-c1ccc(CC(=O)N3CCC[C@@H]3C(=O)N(C)C)cc1)CC2. The van der Waals surface area contributed by atoms with Gasteiger partial charge in [-0.05, 0) is 55.5 Å². The summed E-state index contributed by atoms with van der Waals surface area (Å²) in [5.41, 5.74) is 6.57. The number of likely N-dealkylation sites (tertiary alicyclic amines) is 1. The largest absolute Gasteiger partial charge is 0.347 e. The zero-order valence-corrected chi connectivity index (χ0v) is 24.1. The Kier molecular flexibility index (Phi) is 7.12. The van der Waals surface area contributed by atoms with Crippen LogP contribution in [0.5, 0.6) is 0 Å². The lowest BCUT2D eigenvalue weighted by Crippen LogP contribution is -2.45. The lowest BCUT2D eigenvalue weighted by molar-refractivity contribution is -0.141. The topological polar surface area (TPSA) is 113 Å². The number of anilines is 1. The first-order valence-corrected chi connectivity index (χ1v) is 14.5. The Morgan fingerprint density at radius 3 is 2.63 bits per heavy atom. The summed E-state index contributed by atoms with van der Waals surface area (Å²) in [5.74, 6) is -0.217. The zero-order valence-electron chi connectivity index (χ0n) is 23.3. The summed E-state index contributed by atoms with van der Waals surface area (Å²) in [6, 6.07) is 11.4. The predicted molar refractivity (Wildman–Crippen MR) is 157 cm³/mol. The van der Waals surface area contributed by atoms with Gasteiger partial charge in [0.2, 0.25) is 17.7 Å². The third-order valence-electron chi connectivity index (χ3n) is 7.56. The number of benzene rings is 1. The zero-order chi connectivity index (χ0) is 28.7. The number of rotatable bonds is 6. The van der Waals surface area contributed by atoms with E-state index in [9.17, 15) is 14.4 Å². The van der Waals surface area contributed by atoms with E-state index in [1.165, 1.54) is 18.3 Å². The molecule has 3 aromatic heterocycles. The molecule has 4 aromatic rings. The van der Waals surface area contributed by atoms with Crippen molar-refractivity contribution < 1.29 is 14.4 Å². The Labute approximate surface area is 242 Å². The standard InChI is InChI=1S/C30H31N7O3S/c1-18(38)32-30-33-23-13-12-22-26(20-6-4-14-31-17-20)34-37(27(22)28(23)41-30)21-10-8-19(9-11-21)16-25(39)36-15-5-7-24(36)29(40)35(2)3/h4,6,8-11,14,17,24H,5,7,12-13,15-16H2,1-3H3,(H,32,33,38)/t24-/m1/s1. The van der Waals surface area contributed by atoms with Crippen LogP contribution in [0.1, 0.15) is 36.6 Å². The molecule has 1 fully saturated rings. The van der Waals surface area contributed by atoms with Gasteiger partial charge < -0.3 is 15.1 Å². The van der Waals surface area contributed by atoms with Gasteiger partial charge in [0.1, 0.15) is 6.04 Å². The number of aromatic nitrogens is 4. The van der Waals surface area contributed by atoms with Crippen molar-refractivity contribution in [1.82, 2.24) is 29.5 Å². The molecular formula is C30H31N7O3S. The summed E-state index contributed by atoms with van der Waals surface area (Å²) in [7, 11) is 3.46. The van der Waals surface area contributed by atoms with Gasteiger partial charge >= 0.3 is 0 Å². The molecule has 10 nitrogen and oxygen atoms in total. The van der Waals surface area contributed by atoms with Crippen LogP contribution in [0.2, 0.25) is 0 Å². The molecule has 0 saturated carbocycles. The first-order valence-electron chi connectivity index (χ1n) is 13.7. The van der Waals surface area contributed by atoms with Crippen LogP contribution in [0.3, 0.4) is 0 Å². The molecule has 1 saturated heterocycles. The van der Waals surface area contributed by atoms with Crippen molar-refractivity contribution >= 4 is 34.2 Å². The van der Waals surface area contributed by atoms with E-state index in [1.54, 1.807) is 30.1 Å². The molecular weight excluding hydrogens is 538 g/mol. The van der Waals surface area contributed by atoms with Crippen LogP contribution in [-0.4, -0.2) is 74.0 Å². The van der Waals surface area contributed by atoms with Crippen molar-refractivity contribution in [2.45, 2.75) is 45.1 Å². The number of hydrogen-bond acceptors (Lipinski definition) is 7. The summed E-state index contributed by atoms with van der Waals surface area (Å²) in [4.78, 5) is 50.7. The Morgan fingerprint density at radius 1 is 1.12 bits per heavy atom. The van der Waals surface area contributed by atoms with Crippen LogP contribution in [0, 0.1) is 0 Å². The second-order valence-corrected chi connectivity index (χ2v) is 11.6. The number of pyridine rings is 1. The van der Waals surface area contributed by atoms with Gasteiger partial charge in [-0.1, -0.05) is 23.5 Å². The number of nitrogens with zero attached hydrogens (tertiary/aromatic N) is 6. The monoisotopic (exact) mass is 569 g/mol. The van der Waals surface area contributed by atoms with Crippen molar-refractivity contribution in [1.29, 1.82) is 0 Å². The lowest BCUT2D eigenvalue weighted by atomic mass is 9.95. The van der Waals surface area contributed by atoms with Crippen molar-refractivity contribution in [3.63, 3.8) is 0 Å². The van der Waals surface area contributed by atoms with Crippen LogP contribution < -0.4 is 5.32 Å². The molecule has 3 amide bonds. The first kappa shape index (κ1) is 26.8. The van der Waals surface area contributed by atoms with E-state index in [-0.39, 0.29) is 30.2 Å². The van der Waals surface area contributed by atoms with Crippen LogP contribution in [0.25, 0.3) is 27.5 Å². The predicted octanol–water partition coefficient (Wildman–Crippen LogP) is 3.74. The van der Waals surface area contributed by atoms with E-state index in [0.29, 0.717) is 18.1 Å². The third kappa shape index (κ3) is 5.13. The van der Waals surface area contributed by atoms with Gasteiger partial charge in [-0.25, -0.2) is 9.67 Å². The number of hydrogen-bond donors (Lipinski definition) is 1. The van der Waals surface area contributed by atoms with Crippen molar-refractivity contribution in [3.05, 3.63) is 65.6 Å². The van der Waals surface area contributed by atoms with Crippen LogP contribution in [0.15, 0.2) is 48.8 Å². The fourth-order valence-corrected chi connectivity index (χ4v) is 6.76. The molecule has 0 spiro atoms.